The van der Waals surface area contributed by atoms with Gasteiger partial charge in [0.2, 0.25) is 5.91 Å². The number of carbonyl (C=O) groups is 1. The lowest BCUT2D eigenvalue weighted by Gasteiger charge is -2.20. The van der Waals surface area contributed by atoms with E-state index in [2.05, 4.69) is 83.6 Å². The fraction of sp³-hybridized carbons (Fsp3) is 0.269. The Hall–Kier alpha value is -2.39. The average Bonchev–Trinajstić information content (AvgIpc) is 3.51. The molecule has 0 aromatic heterocycles. The lowest BCUT2D eigenvalue weighted by atomic mass is 9.84. The van der Waals surface area contributed by atoms with Crippen molar-refractivity contribution in [2.24, 2.45) is 5.92 Å². The van der Waals surface area contributed by atoms with Crippen LogP contribution < -0.4 is 5.32 Å². The maximum atomic E-state index is 13.2. The van der Waals surface area contributed by atoms with Gasteiger partial charge in [0.05, 0.1) is 5.92 Å². The van der Waals surface area contributed by atoms with Crippen molar-refractivity contribution in [3.8, 4) is 0 Å². The molecule has 1 N–H and O–H groups in total. The van der Waals surface area contributed by atoms with Gasteiger partial charge >= 0.3 is 0 Å². The molecule has 2 nitrogen and oxygen atoms in total. The SMILES string of the molecule is CCc1ccc(C2(c3ccc(CC)cc3)CC2C(=O)Nc2cccc(Br)c2)cc1. The Balaban J connectivity index is 1.67. The van der Waals surface area contributed by atoms with E-state index >= 15 is 0 Å². The standard InChI is InChI=1S/C26H26BrNO/c1-3-18-8-12-20(13-9-18)26(21-14-10-19(4-2)11-15-21)17-24(26)25(29)28-23-7-5-6-22(27)16-23/h5-16,24H,3-4,17H2,1-2H3,(H,28,29). The minimum absolute atomic E-state index is 0.0681. The van der Waals surface area contributed by atoms with Crippen molar-refractivity contribution in [1.82, 2.24) is 0 Å². The van der Waals surface area contributed by atoms with Crippen LogP contribution in [0.4, 0.5) is 5.69 Å². The molecular formula is C26H26BrNO. The van der Waals surface area contributed by atoms with E-state index in [1.807, 2.05) is 24.3 Å². The number of halogens is 1. The summed E-state index contributed by atoms with van der Waals surface area (Å²) in [4.78, 5) is 13.2. The number of rotatable bonds is 6. The van der Waals surface area contributed by atoms with Gasteiger partial charge in [0.15, 0.2) is 0 Å². The van der Waals surface area contributed by atoms with Crippen molar-refractivity contribution in [3.63, 3.8) is 0 Å². The fourth-order valence-electron chi connectivity index (χ4n) is 4.26. The van der Waals surface area contributed by atoms with Crippen LogP contribution >= 0.6 is 15.9 Å². The molecular weight excluding hydrogens is 422 g/mol. The first-order chi connectivity index (χ1) is 14.1. The van der Waals surface area contributed by atoms with Gasteiger partial charge in [0.1, 0.15) is 0 Å². The maximum Gasteiger partial charge on any atom is 0.228 e. The number of anilines is 1. The van der Waals surface area contributed by atoms with E-state index in [0.29, 0.717) is 0 Å². The summed E-state index contributed by atoms with van der Waals surface area (Å²) >= 11 is 3.48. The topological polar surface area (TPSA) is 29.1 Å². The molecule has 1 atom stereocenters. The summed E-state index contributed by atoms with van der Waals surface area (Å²) < 4.78 is 0.961. The average molecular weight is 448 g/mol. The van der Waals surface area contributed by atoms with Crippen molar-refractivity contribution in [2.45, 2.75) is 38.5 Å². The summed E-state index contributed by atoms with van der Waals surface area (Å²) in [5, 5.41) is 3.12. The van der Waals surface area contributed by atoms with E-state index in [-0.39, 0.29) is 17.2 Å². The molecule has 1 saturated carbocycles. The van der Waals surface area contributed by atoms with Crippen LogP contribution in [0.15, 0.2) is 77.3 Å². The molecule has 3 aromatic rings. The second-order valence-electron chi connectivity index (χ2n) is 7.83. The molecule has 0 bridgehead atoms. The van der Waals surface area contributed by atoms with Gasteiger partial charge in [0.25, 0.3) is 0 Å². The molecule has 0 radical (unpaired) electrons. The third kappa shape index (κ3) is 3.89. The van der Waals surface area contributed by atoms with E-state index < -0.39 is 0 Å². The number of amides is 1. The highest BCUT2D eigenvalue weighted by Gasteiger charge is 2.60. The molecule has 1 fully saturated rings. The van der Waals surface area contributed by atoms with Crippen LogP contribution in [0, 0.1) is 5.92 Å². The lowest BCUT2D eigenvalue weighted by Crippen LogP contribution is -2.22. The molecule has 148 valence electrons. The van der Waals surface area contributed by atoms with Crippen molar-refractivity contribution < 1.29 is 4.79 Å². The van der Waals surface area contributed by atoms with E-state index in [9.17, 15) is 4.79 Å². The predicted octanol–water partition coefficient (Wildman–Crippen LogP) is 6.52. The number of nitrogens with one attached hydrogen (secondary N) is 1. The van der Waals surface area contributed by atoms with Gasteiger partial charge in [-0.2, -0.15) is 0 Å². The Morgan fingerprint density at radius 2 is 1.48 bits per heavy atom. The molecule has 3 heteroatoms. The van der Waals surface area contributed by atoms with Crippen LogP contribution in [0.5, 0.6) is 0 Å². The van der Waals surface area contributed by atoms with Crippen molar-refractivity contribution in [1.29, 1.82) is 0 Å². The largest absolute Gasteiger partial charge is 0.326 e. The maximum absolute atomic E-state index is 13.2. The summed E-state index contributed by atoms with van der Waals surface area (Å²) in [7, 11) is 0. The smallest absolute Gasteiger partial charge is 0.228 e. The van der Waals surface area contributed by atoms with Crippen molar-refractivity contribution >= 4 is 27.5 Å². The zero-order chi connectivity index (χ0) is 20.4. The van der Waals surface area contributed by atoms with Gasteiger partial charge in [-0.25, -0.2) is 0 Å². The summed E-state index contributed by atoms with van der Waals surface area (Å²) in [5.41, 5.74) is 5.69. The predicted molar refractivity (Wildman–Crippen MR) is 123 cm³/mol. The number of aryl methyl sites for hydroxylation is 2. The molecule has 3 aromatic carbocycles. The molecule has 29 heavy (non-hydrogen) atoms. The van der Waals surface area contributed by atoms with Gasteiger partial charge in [-0.3, -0.25) is 4.79 Å². The van der Waals surface area contributed by atoms with E-state index in [4.69, 9.17) is 0 Å². The zero-order valence-electron chi connectivity index (χ0n) is 16.9. The minimum atomic E-state index is -0.241. The molecule has 0 saturated heterocycles. The molecule has 1 unspecified atom stereocenters. The van der Waals surface area contributed by atoms with Gasteiger partial charge in [-0.1, -0.05) is 84.4 Å². The second kappa shape index (κ2) is 8.16. The monoisotopic (exact) mass is 447 g/mol. The molecule has 0 spiro atoms. The molecule has 4 rings (SSSR count). The van der Waals surface area contributed by atoms with Crippen LogP contribution in [-0.2, 0) is 23.1 Å². The van der Waals surface area contributed by atoms with Crippen LogP contribution in [0.2, 0.25) is 0 Å². The quantitative estimate of drug-likeness (QED) is 0.457. The first-order valence-electron chi connectivity index (χ1n) is 10.3. The van der Waals surface area contributed by atoms with Crippen molar-refractivity contribution in [3.05, 3.63) is 99.5 Å². The van der Waals surface area contributed by atoms with Crippen LogP contribution in [0.1, 0.15) is 42.5 Å². The minimum Gasteiger partial charge on any atom is -0.326 e. The van der Waals surface area contributed by atoms with Crippen LogP contribution in [0.25, 0.3) is 0 Å². The van der Waals surface area contributed by atoms with Gasteiger partial charge in [-0.05, 0) is 59.7 Å². The lowest BCUT2D eigenvalue weighted by molar-refractivity contribution is -0.117. The Kier molecular flexibility index (Phi) is 5.60. The third-order valence-corrected chi connectivity index (χ3v) is 6.62. The Morgan fingerprint density at radius 3 is 1.97 bits per heavy atom. The van der Waals surface area contributed by atoms with Gasteiger partial charge in [0, 0.05) is 15.6 Å². The third-order valence-electron chi connectivity index (χ3n) is 6.12. The summed E-state index contributed by atoms with van der Waals surface area (Å²) in [6.45, 7) is 4.33. The summed E-state index contributed by atoms with van der Waals surface area (Å²) in [6, 6.07) is 25.4. The number of benzene rings is 3. The first-order valence-corrected chi connectivity index (χ1v) is 11.1. The highest BCUT2D eigenvalue weighted by Crippen LogP contribution is 2.59. The Morgan fingerprint density at radius 1 is 0.931 bits per heavy atom. The Labute approximate surface area is 181 Å². The fourth-order valence-corrected chi connectivity index (χ4v) is 4.65. The highest BCUT2D eigenvalue weighted by atomic mass is 79.9. The van der Waals surface area contributed by atoms with Crippen LogP contribution in [0.3, 0.4) is 0 Å². The van der Waals surface area contributed by atoms with Crippen molar-refractivity contribution in [2.75, 3.05) is 5.32 Å². The normalized spacial score (nSPS) is 17.0. The van der Waals surface area contributed by atoms with E-state index in [1.165, 1.54) is 22.3 Å². The molecule has 1 aliphatic rings. The van der Waals surface area contributed by atoms with Gasteiger partial charge in [-0.15, -0.1) is 0 Å². The summed E-state index contributed by atoms with van der Waals surface area (Å²) in [5.74, 6) is 0.0173. The van der Waals surface area contributed by atoms with Gasteiger partial charge < -0.3 is 5.32 Å². The molecule has 1 amide bonds. The van der Waals surface area contributed by atoms with Crippen LogP contribution in [-0.4, -0.2) is 5.91 Å². The highest BCUT2D eigenvalue weighted by molar-refractivity contribution is 9.10. The second-order valence-corrected chi connectivity index (χ2v) is 8.74. The van der Waals surface area contributed by atoms with E-state index in [0.717, 1.165) is 29.4 Å². The first kappa shape index (κ1) is 19.9. The summed E-state index contributed by atoms with van der Waals surface area (Å²) in [6.07, 6.45) is 2.88. The number of hydrogen-bond donors (Lipinski definition) is 1. The molecule has 1 aliphatic carbocycles. The number of hydrogen-bond acceptors (Lipinski definition) is 1. The zero-order valence-corrected chi connectivity index (χ0v) is 18.5. The number of carbonyl (C=O) groups excluding carboxylic acids is 1. The molecule has 0 aliphatic heterocycles. The molecule has 0 heterocycles. The Bertz CT molecular complexity index is 960. The van der Waals surface area contributed by atoms with E-state index in [1.54, 1.807) is 0 Å².